The summed E-state index contributed by atoms with van der Waals surface area (Å²) < 4.78 is 21.3. The maximum atomic E-state index is 10.8. The van der Waals surface area contributed by atoms with Crippen LogP contribution in [0.5, 0.6) is 0 Å². The molecule has 0 fully saturated rings. The summed E-state index contributed by atoms with van der Waals surface area (Å²) in [7, 11) is -4.37. The molecule has 5 nitrogen and oxygen atoms in total. The Morgan fingerprint density at radius 3 is 1.60 bits per heavy atom. The Hall–Kier alpha value is 0.420. The molecule has 0 aromatic rings. The van der Waals surface area contributed by atoms with Crippen LogP contribution < -0.4 is 0 Å². The molecule has 2 unspecified atom stereocenters. The van der Waals surface area contributed by atoms with Crippen molar-refractivity contribution in [2.45, 2.75) is 161 Å². The molecule has 0 saturated carbocycles. The van der Waals surface area contributed by atoms with Crippen LogP contribution in [0.4, 0.5) is 0 Å². The Balaban J connectivity index is 3.91. The third kappa shape index (κ3) is 27.3. The lowest BCUT2D eigenvalue weighted by molar-refractivity contribution is 0.0521. The Bertz CT molecular complexity index is 474. The molecule has 212 valence electrons. The van der Waals surface area contributed by atoms with Crippen molar-refractivity contribution in [1.29, 1.82) is 0 Å². The quantitative estimate of drug-likeness (QED) is 0.0763. The molecular formula is C28H59O5PS. The predicted molar refractivity (Wildman–Crippen MR) is 153 cm³/mol. The number of phosphoric ester groups is 1. The fourth-order valence-electron chi connectivity index (χ4n) is 4.38. The molecule has 0 bridgehead atoms. The molecule has 7 heteroatoms. The van der Waals surface area contributed by atoms with E-state index in [0.29, 0.717) is 18.3 Å². The largest absolute Gasteiger partial charge is 0.469 e. The van der Waals surface area contributed by atoms with Gasteiger partial charge in [0.05, 0.1) is 12.7 Å². The highest BCUT2D eigenvalue weighted by Crippen LogP contribution is 2.35. The number of hydrogen-bond acceptors (Lipinski definition) is 4. The number of phosphoric acid groups is 1. The Labute approximate surface area is 222 Å². The normalized spacial score (nSPS) is 13.9. The average Bonchev–Trinajstić information content (AvgIpc) is 2.81. The van der Waals surface area contributed by atoms with E-state index in [0.717, 1.165) is 0 Å². The molecule has 0 radical (unpaired) electrons. The van der Waals surface area contributed by atoms with Gasteiger partial charge in [0.1, 0.15) is 0 Å². The van der Waals surface area contributed by atoms with Crippen molar-refractivity contribution in [3.8, 4) is 0 Å². The lowest BCUT2D eigenvalue weighted by atomic mass is 10.1. The van der Waals surface area contributed by atoms with Gasteiger partial charge in [-0.3, -0.25) is 4.52 Å². The number of unbranched alkanes of at least 4 members (excludes halogenated alkanes) is 16. The highest BCUT2D eigenvalue weighted by molar-refractivity contribution is 7.99. The van der Waals surface area contributed by atoms with E-state index in [1.54, 1.807) is 0 Å². The van der Waals surface area contributed by atoms with Crippen LogP contribution in [0.2, 0.25) is 0 Å². The fourth-order valence-corrected chi connectivity index (χ4v) is 6.10. The predicted octanol–water partition coefficient (Wildman–Crippen LogP) is 9.44. The molecule has 2 atom stereocenters. The molecule has 0 aromatic heterocycles. The number of rotatable bonds is 28. The first kappa shape index (κ1) is 35.4. The number of ether oxygens (including phenoxy) is 1. The van der Waals surface area contributed by atoms with Crippen LogP contribution in [-0.2, 0) is 13.8 Å². The van der Waals surface area contributed by atoms with Crippen molar-refractivity contribution in [3.63, 3.8) is 0 Å². The van der Waals surface area contributed by atoms with Gasteiger partial charge in [0.25, 0.3) is 0 Å². The zero-order valence-corrected chi connectivity index (χ0v) is 25.1. The summed E-state index contributed by atoms with van der Waals surface area (Å²) >= 11 is 2.06. The van der Waals surface area contributed by atoms with Gasteiger partial charge in [-0.15, -0.1) is 0 Å². The Morgan fingerprint density at radius 2 is 1.11 bits per heavy atom. The summed E-state index contributed by atoms with van der Waals surface area (Å²) in [5.74, 6) is 1.20. The monoisotopic (exact) mass is 538 g/mol. The van der Waals surface area contributed by atoms with E-state index in [4.69, 9.17) is 14.5 Å². The van der Waals surface area contributed by atoms with E-state index in [9.17, 15) is 4.57 Å². The molecule has 35 heavy (non-hydrogen) atoms. The van der Waals surface area contributed by atoms with Gasteiger partial charge in [0.15, 0.2) is 0 Å². The van der Waals surface area contributed by atoms with E-state index in [1.807, 2.05) is 0 Å². The molecule has 0 amide bonds. The standard InChI is InChI=1S/C28H59O5PS/c1-4-6-8-10-11-12-13-14-15-16-17-19-21-26-35-28(23-20-18-9-7-5-2)27(3)32-24-22-25-33-34(29,30)31/h27-28H,4-26H2,1-3H3,(H2,29,30,31). The Kier molecular flexibility index (Phi) is 26.4. The minimum atomic E-state index is -4.37. The topological polar surface area (TPSA) is 76.0 Å². The van der Waals surface area contributed by atoms with E-state index in [2.05, 4.69) is 37.1 Å². The lowest BCUT2D eigenvalue weighted by Gasteiger charge is -2.24. The van der Waals surface area contributed by atoms with Crippen molar-refractivity contribution in [1.82, 2.24) is 0 Å². The first-order chi connectivity index (χ1) is 16.9. The minimum absolute atomic E-state index is 0.0325. The van der Waals surface area contributed by atoms with E-state index < -0.39 is 7.82 Å². The number of hydrogen-bond donors (Lipinski definition) is 2. The van der Waals surface area contributed by atoms with Gasteiger partial charge >= 0.3 is 7.82 Å². The van der Waals surface area contributed by atoms with Crippen molar-refractivity contribution >= 4 is 19.6 Å². The number of thioether (sulfide) groups is 1. The van der Waals surface area contributed by atoms with Crippen LogP contribution in [-0.4, -0.2) is 40.1 Å². The van der Waals surface area contributed by atoms with Crippen LogP contribution in [0.15, 0.2) is 0 Å². The lowest BCUT2D eigenvalue weighted by Crippen LogP contribution is -2.24. The second-order valence-corrected chi connectivity index (χ2v) is 12.7. The molecule has 0 spiro atoms. The fraction of sp³-hybridized carbons (Fsp3) is 1.00. The molecule has 0 aliphatic rings. The molecule has 0 aliphatic carbocycles. The van der Waals surface area contributed by atoms with Crippen LogP contribution in [0.1, 0.15) is 149 Å². The second-order valence-electron chi connectivity index (χ2n) is 10.1. The van der Waals surface area contributed by atoms with E-state index in [1.165, 1.54) is 128 Å². The maximum absolute atomic E-state index is 10.8. The van der Waals surface area contributed by atoms with Crippen molar-refractivity contribution in [2.75, 3.05) is 19.0 Å². The molecule has 0 aromatic carbocycles. The molecule has 0 rings (SSSR count). The van der Waals surface area contributed by atoms with Gasteiger partial charge < -0.3 is 14.5 Å². The molecule has 0 aliphatic heterocycles. The zero-order chi connectivity index (χ0) is 26.0. The third-order valence-electron chi connectivity index (χ3n) is 6.62. The summed E-state index contributed by atoms with van der Waals surface area (Å²) in [6, 6.07) is 0. The van der Waals surface area contributed by atoms with E-state index in [-0.39, 0.29) is 12.7 Å². The Morgan fingerprint density at radius 1 is 0.657 bits per heavy atom. The highest BCUT2D eigenvalue weighted by Gasteiger charge is 2.18. The SMILES string of the molecule is CCCCCCCCCCCCCCCSC(CCCCCCC)C(C)OCCCOP(=O)(O)O. The van der Waals surface area contributed by atoms with Gasteiger partial charge in [-0.2, -0.15) is 11.8 Å². The molecule has 2 N–H and O–H groups in total. The zero-order valence-electron chi connectivity index (χ0n) is 23.4. The van der Waals surface area contributed by atoms with Crippen LogP contribution in [0, 0.1) is 0 Å². The molecule has 0 heterocycles. The summed E-state index contributed by atoms with van der Waals surface area (Å²) in [5.41, 5.74) is 0. The molecule has 0 saturated heterocycles. The minimum Gasteiger partial charge on any atom is -0.377 e. The summed E-state index contributed by atoms with van der Waals surface area (Å²) in [6.07, 6.45) is 26.4. The molecular weight excluding hydrogens is 479 g/mol. The summed E-state index contributed by atoms with van der Waals surface area (Å²) in [4.78, 5) is 17.5. The van der Waals surface area contributed by atoms with Crippen molar-refractivity contribution in [2.24, 2.45) is 0 Å². The van der Waals surface area contributed by atoms with Crippen molar-refractivity contribution in [3.05, 3.63) is 0 Å². The van der Waals surface area contributed by atoms with Crippen molar-refractivity contribution < 1.29 is 23.6 Å². The van der Waals surface area contributed by atoms with Crippen LogP contribution in [0.3, 0.4) is 0 Å². The average molecular weight is 539 g/mol. The van der Waals surface area contributed by atoms with Gasteiger partial charge in [0.2, 0.25) is 0 Å². The third-order valence-corrected chi connectivity index (χ3v) is 8.71. The van der Waals surface area contributed by atoms with Gasteiger partial charge in [-0.25, -0.2) is 4.57 Å². The second kappa shape index (κ2) is 26.0. The van der Waals surface area contributed by atoms with Crippen LogP contribution >= 0.6 is 19.6 Å². The maximum Gasteiger partial charge on any atom is 0.469 e. The van der Waals surface area contributed by atoms with Gasteiger partial charge in [-0.1, -0.05) is 123 Å². The highest BCUT2D eigenvalue weighted by atomic mass is 32.2. The first-order valence-corrected chi connectivity index (χ1v) is 17.4. The smallest absolute Gasteiger partial charge is 0.377 e. The summed E-state index contributed by atoms with van der Waals surface area (Å²) in [5, 5.41) is 0.497. The summed E-state index contributed by atoms with van der Waals surface area (Å²) in [6.45, 7) is 7.19. The van der Waals surface area contributed by atoms with Gasteiger partial charge in [-0.05, 0) is 31.9 Å². The van der Waals surface area contributed by atoms with Gasteiger partial charge in [0, 0.05) is 11.9 Å². The van der Waals surface area contributed by atoms with E-state index >= 15 is 0 Å². The first-order valence-electron chi connectivity index (χ1n) is 14.8. The van der Waals surface area contributed by atoms with Crippen LogP contribution in [0.25, 0.3) is 0 Å².